The van der Waals surface area contributed by atoms with E-state index in [1.165, 1.54) is 13.2 Å². The first-order valence-corrected chi connectivity index (χ1v) is 9.79. The number of esters is 1. The molecule has 0 N–H and O–H groups in total. The van der Waals surface area contributed by atoms with Crippen LogP contribution in [0, 0.1) is 23.7 Å². The number of carbonyl (C=O) groups is 1. The highest BCUT2D eigenvalue weighted by Gasteiger charge is 2.23. The molecule has 1 aromatic rings. The molecule has 0 bridgehead atoms. The Labute approximate surface area is 143 Å². The maximum Gasteiger partial charge on any atom is 0.339 e. The van der Waals surface area contributed by atoms with Crippen LogP contribution >= 0.6 is 0 Å². The highest BCUT2D eigenvalue weighted by Crippen LogP contribution is 2.26. The third-order valence-corrected chi connectivity index (χ3v) is 5.29. The largest absolute Gasteiger partial charge is 0.465 e. The number of carbonyl (C=O) groups excluding carboxylic acids is 1. The van der Waals surface area contributed by atoms with Crippen LogP contribution in [0.2, 0.25) is 0 Å². The van der Waals surface area contributed by atoms with E-state index in [0.29, 0.717) is 5.92 Å². The molecule has 1 atom stereocenters. The van der Waals surface area contributed by atoms with Gasteiger partial charge in [0.25, 0.3) is 0 Å². The summed E-state index contributed by atoms with van der Waals surface area (Å²) in [6.07, 6.45) is 1.83. The number of anilines is 1. The Morgan fingerprint density at radius 1 is 1.38 bits per heavy atom. The summed E-state index contributed by atoms with van der Waals surface area (Å²) in [6.45, 7) is 5.73. The van der Waals surface area contributed by atoms with Gasteiger partial charge in [-0.3, -0.25) is 0 Å². The summed E-state index contributed by atoms with van der Waals surface area (Å²) in [5.41, 5.74) is 0.842. The average molecular weight is 349 g/mol. The van der Waals surface area contributed by atoms with Gasteiger partial charge in [0.1, 0.15) is 0 Å². The predicted molar refractivity (Wildman–Crippen MR) is 93.8 cm³/mol. The van der Waals surface area contributed by atoms with E-state index >= 15 is 0 Å². The van der Waals surface area contributed by atoms with Gasteiger partial charge in [0, 0.05) is 37.4 Å². The van der Waals surface area contributed by atoms with E-state index in [9.17, 15) is 13.2 Å². The van der Waals surface area contributed by atoms with Gasteiger partial charge in [0.2, 0.25) is 0 Å². The molecule has 24 heavy (non-hydrogen) atoms. The summed E-state index contributed by atoms with van der Waals surface area (Å²) in [6, 6.07) is 4.85. The highest BCUT2D eigenvalue weighted by molar-refractivity contribution is 7.90. The zero-order valence-electron chi connectivity index (χ0n) is 14.5. The van der Waals surface area contributed by atoms with Crippen molar-refractivity contribution in [3.8, 4) is 11.8 Å². The number of hydrogen-bond acceptors (Lipinski definition) is 5. The summed E-state index contributed by atoms with van der Waals surface area (Å²) in [5.74, 6) is 6.46. The minimum atomic E-state index is -3.55. The molecule has 1 heterocycles. The molecule has 0 saturated carbocycles. The summed E-state index contributed by atoms with van der Waals surface area (Å²) in [4.78, 5) is 14.0. The fourth-order valence-electron chi connectivity index (χ4n) is 2.67. The number of ether oxygens (including phenoxy) is 1. The molecule has 130 valence electrons. The van der Waals surface area contributed by atoms with Crippen LogP contribution in [0.4, 0.5) is 5.69 Å². The summed E-state index contributed by atoms with van der Waals surface area (Å²) in [5, 5.41) is 0. The van der Waals surface area contributed by atoms with Crippen LogP contribution in [0.25, 0.3) is 0 Å². The van der Waals surface area contributed by atoms with Crippen molar-refractivity contribution in [3.63, 3.8) is 0 Å². The Morgan fingerprint density at radius 3 is 2.67 bits per heavy atom. The van der Waals surface area contributed by atoms with Crippen molar-refractivity contribution in [2.45, 2.75) is 25.2 Å². The van der Waals surface area contributed by atoms with Crippen molar-refractivity contribution in [1.82, 2.24) is 0 Å². The normalized spacial score (nSPS) is 17.9. The Bertz CT molecular complexity index is 787. The minimum Gasteiger partial charge on any atom is -0.465 e. The zero-order valence-corrected chi connectivity index (χ0v) is 15.3. The third kappa shape index (κ3) is 4.09. The van der Waals surface area contributed by atoms with Gasteiger partial charge in [0.15, 0.2) is 9.84 Å². The molecule has 0 amide bonds. The first kappa shape index (κ1) is 18.3. The first-order valence-electron chi connectivity index (χ1n) is 7.89. The maximum absolute atomic E-state index is 12.1. The number of rotatable bonds is 4. The van der Waals surface area contributed by atoms with Gasteiger partial charge >= 0.3 is 5.97 Å². The molecule has 6 heteroatoms. The van der Waals surface area contributed by atoms with Gasteiger partial charge in [-0.1, -0.05) is 19.8 Å². The van der Waals surface area contributed by atoms with Crippen LogP contribution in [0.3, 0.4) is 0 Å². The predicted octanol–water partition coefficient (Wildman–Crippen LogP) is 2.36. The number of hydrogen-bond donors (Lipinski definition) is 0. The summed E-state index contributed by atoms with van der Waals surface area (Å²) >= 11 is 0. The molecule has 5 nitrogen and oxygen atoms in total. The molecule has 0 radical (unpaired) electrons. The van der Waals surface area contributed by atoms with Crippen LogP contribution in [0.15, 0.2) is 23.1 Å². The van der Waals surface area contributed by atoms with Crippen LogP contribution < -0.4 is 4.90 Å². The molecule has 0 saturated heterocycles. The smallest absolute Gasteiger partial charge is 0.339 e. The van der Waals surface area contributed by atoms with Crippen molar-refractivity contribution >= 4 is 21.5 Å². The Hall–Kier alpha value is -2.00. The van der Waals surface area contributed by atoms with E-state index in [1.807, 2.05) is 0 Å². The summed E-state index contributed by atoms with van der Waals surface area (Å²) in [7, 11) is -2.31. The molecule has 1 aliphatic rings. The number of sulfone groups is 1. The lowest BCUT2D eigenvalue weighted by atomic mass is 9.96. The average Bonchev–Trinajstić information content (AvgIpc) is 2.79. The topological polar surface area (TPSA) is 63.7 Å². The Balaban J connectivity index is 2.43. The Morgan fingerprint density at radius 2 is 2.08 bits per heavy atom. The molecular formula is C18H23NO4S. The number of methoxy groups -OCH3 is 1. The van der Waals surface area contributed by atoms with E-state index in [0.717, 1.165) is 31.5 Å². The lowest BCUT2D eigenvalue weighted by Gasteiger charge is -2.27. The van der Waals surface area contributed by atoms with Crippen molar-refractivity contribution in [2.24, 2.45) is 11.8 Å². The summed E-state index contributed by atoms with van der Waals surface area (Å²) < 4.78 is 28.9. The molecule has 0 aliphatic carbocycles. The minimum absolute atomic E-state index is 0.00175. The fourth-order valence-corrected chi connectivity index (χ4v) is 3.56. The zero-order chi connectivity index (χ0) is 17.9. The second-order valence-electron chi connectivity index (χ2n) is 6.31. The van der Waals surface area contributed by atoms with Crippen molar-refractivity contribution in [3.05, 3.63) is 23.8 Å². The third-order valence-electron chi connectivity index (χ3n) is 4.15. The molecule has 0 unspecified atom stereocenters. The highest BCUT2D eigenvalue weighted by atomic mass is 32.2. The van der Waals surface area contributed by atoms with E-state index in [2.05, 4.69) is 35.3 Å². The first-order chi connectivity index (χ1) is 11.2. The van der Waals surface area contributed by atoms with Crippen molar-refractivity contribution in [1.29, 1.82) is 0 Å². The van der Waals surface area contributed by atoms with Gasteiger partial charge in [-0.15, -0.1) is 5.92 Å². The van der Waals surface area contributed by atoms with Gasteiger partial charge in [0.05, 0.1) is 17.6 Å². The van der Waals surface area contributed by atoms with Crippen LogP contribution in [0.1, 0.15) is 30.6 Å². The lowest BCUT2D eigenvalue weighted by Crippen LogP contribution is -2.31. The van der Waals surface area contributed by atoms with Crippen molar-refractivity contribution < 1.29 is 17.9 Å². The number of benzene rings is 1. The monoisotopic (exact) mass is 349 g/mol. The van der Waals surface area contributed by atoms with E-state index in [-0.39, 0.29) is 16.4 Å². The quantitative estimate of drug-likeness (QED) is 0.617. The van der Waals surface area contributed by atoms with Crippen LogP contribution in [-0.2, 0) is 14.6 Å². The lowest BCUT2D eigenvalue weighted by molar-refractivity contribution is 0.0596. The maximum atomic E-state index is 12.1. The van der Waals surface area contributed by atoms with Gasteiger partial charge < -0.3 is 9.64 Å². The molecule has 0 aromatic heterocycles. The van der Waals surface area contributed by atoms with E-state index < -0.39 is 15.8 Å². The molecule has 0 fully saturated rings. The van der Waals surface area contributed by atoms with Crippen LogP contribution in [0.5, 0.6) is 0 Å². The van der Waals surface area contributed by atoms with Gasteiger partial charge in [-0.05, 0) is 24.1 Å². The van der Waals surface area contributed by atoms with E-state index in [1.54, 1.807) is 12.1 Å². The van der Waals surface area contributed by atoms with Gasteiger partial charge in [-0.25, -0.2) is 13.2 Å². The second kappa shape index (κ2) is 7.27. The fraction of sp³-hybridized carbons (Fsp3) is 0.500. The molecule has 1 aliphatic heterocycles. The molecular weight excluding hydrogens is 326 g/mol. The van der Waals surface area contributed by atoms with Gasteiger partial charge in [-0.2, -0.15) is 0 Å². The number of nitrogens with zero attached hydrogens (tertiary/aromatic N) is 1. The van der Waals surface area contributed by atoms with Crippen molar-refractivity contribution in [2.75, 3.05) is 31.4 Å². The molecule has 1 aromatic carbocycles. The molecule has 0 spiro atoms. The Kier molecular flexibility index (Phi) is 5.55. The standard InChI is InChI=1S/C18H23NO4S/c1-13(2)14-7-5-6-10-19(12-14)15-8-9-16(18(20)23-3)17(11-15)24(4,21)22/h8-9,11,13-14H,6,10,12H2,1-4H3/t14-/m1/s1. The molecule has 2 rings (SSSR count). The SMILES string of the molecule is COC(=O)c1ccc(N2CCC#C[C@@H](C(C)C)C2)cc1S(C)(=O)=O. The van der Waals surface area contributed by atoms with Crippen LogP contribution in [-0.4, -0.2) is 40.8 Å². The van der Waals surface area contributed by atoms with E-state index in [4.69, 9.17) is 0 Å². The second-order valence-corrected chi connectivity index (χ2v) is 8.30.